The molecule has 0 spiro atoms. The molecule has 0 radical (unpaired) electrons. The van der Waals surface area contributed by atoms with Crippen molar-refractivity contribution in [3.63, 3.8) is 0 Å². The fraction of sp³-hybridized carbons (Fsp3) is 0.600. The van der Waals surface area contributed by atoms with Crippen molar-refractivity contribution in [2.45, 2.75) is 6.92 Å². The van der Waals surface area contributed by atoms with E-state index in [4.69, 9.17) is 5.11 Å². The Hall–Kier alpha value is -0.910. The molecule has 0 aliphatic heterocycles. The molecular weight excluding hydrogens is 170 g/mol. The summed E-state index contributed by atoms with van der Waals surface area (Å²) in [4.78, 5) is 25.0. The van der Waals surface area contributed by atoms with Gasteiger partial charge >= 0.3 is 11.4 Å². The van der Waals surface area contributed by atoms with Crippen LogP contribution in [-0.2, 0) is 4.84 Å². The molecule has 0 fully saturated rings. The fourth-order valence-electron chi connectivity index (χ4n) is 0.295. The van der Waals surface area contributed by atoms with Gasteiger partial charge in [0.05, 0.1) is 7.05 Å². The Morgan fingerprint density at radius 1 is 1.64 bits per heavy atom. The van der Waals surface area contributed by atoms with E-state index in [9.17, 15) is 9.59 Å². The van der Waals surface area contributed by atoms with E-state index in [0.717, 1.165) is 18.8 Å². The second-order valence-electron chi connectivity index (χ2n) is 1.55. The third kappa shape index (κ3) is 4.49. The molecule has 0 heterocycles. The molecule has 64 valence electrons. The smallest absolute Gasteiger partial charge is 0.440 e. The molecule has 0 rings (SSSR count). The molecule has 0 saturated heterocycles. The number of carbonyl (C=O) groups excluding carboxylic acids is 1. The number of amides is 1. The summed E-state index contributed by atoms with van der Waals surface area (Å²) in [6, 6.07) is 0. The van der Waals surface area contributed by atoms with Crippen LogP contribution in [-0.4, -0.2) is 34.4 Å². The third-order valence-electron chi connectivity index (χ3n) is 0.743. The van der Waals surface area contributed by atoms with E-state index in [2.05, 4.69) is 4.84 Å². The highest BCUT2D eigenvalue weighted by atomic mass is 32.2. The lowest BCUT2D eigenvalue weighted by Gasteiger charge is -2.10. The van der Waals surface area contributed by atoms with Crippen LogP contribution in [0.5, 0.6) is 0 Å². The molecule has 1 amide bonds. The van der Waals surface area contributed by atoms with Gasteiger partial charge in [-0.25, -0.2) is 9.59 Å². The van der Waals surface area contributed by atoms with Crippen LogP contribution in [0.4, 0.5) is 9.59 Å². The van der Waals surface area contributed by atoms with Crippen molar-refractivity contribution < 1.29 is 19.5 Å². The normalized spacial score (nSPS) is 8.91. The largest absolute Gasteiger partial charge is 0.463 e. The summed E-state index contributed by atoms with van der Waals surface area (Å²) in [5, 5.41) is 8.09. The van der Waals surface area contributed by atoms with E-state index in [1.54, 1.807) is 6.92 Å². The minimum Gasteiger partial charge on any atom is -0.463 e. The Bertz CT molecular complexity index is 161. The van der Waals surface area contributed by atoms with Crippen LogP contribution in [0, 0.1) is 0 Å². The van der Waals surface area contributed by atoms with Crippen LogP contribution in [0.25, 0.3) is 0 Å². The maximum Gasteiger partial charge on any atom is 0.440 e. The first-order chi connectivity index (χ1) is 5.07. The highest BCUT2D eigenvalue weighted by Gasteiger charge is 2.11. The molecule has 6 heteroatoms. The van der Waals surface area contributed by atoms with Crippen LogP contribution in [0.3, 0.4) is 0 Å². The Balaban J connectivity index is 3.66. The van der Waals surface area contributed by atoms with Gasteiger partial charge in [0.25, 0.3) is 0 Å². The summed E-state index contributed by atoms with van der Waals surface area (Å²) in [6.07, 6.45) is -1.30. The van der Waals surface area contributed by atoms with Gasteiger partial charge in [0.1, 0.15) is 0 Å². The number of carboxylic acid groups (broad SMARTS) is 1. The molecule has 0 aliphatic rings. The lowest BCUT2D eigenvalue weighted by molar-refractivity contribution is -0.0428. The summed E-state index contributed by atoms with van der Waals surface area (Å²) in [6.45, 7) is 1.77. The zero-order chi connectivity index (χ0) is 8.85. The van der Waals surface area contributed by atoms with Gasteiger partial charge in [-0.2, -0.15) is 0 Å². The van der Waals surface area contributed by atoms with E-state index < -0.39 is 11.4 Å². The van der Waals surface area contributed by atoms with Crippen molar-refractivity contribution in [3.8, 4) is 0 Å². The van der Waals surface area contributed by atoms with Gasteiger partial charge < -0.3 is 9.94 Å². The minimum atomic E-state index is -1.30. The van der Waals surface area contributed by atoms with Gasteiger partial charge in [-0.05, 0) is 11.8 Å². The molecule has 0 aliphatic carbocycles. The van der Waals surface area contributed by atoms with Gasteiger partial charge in [0, 0.05) is 5.75 Å². The first-order valence-electron chi connectivity index (χ1n) is 2.89. The Kier molecular flexibility index (Phi) is 4.44. The van der Waals surface area contributed by atoms with Gasteiger partial charge in [-0.15, -0.1) is 5.06 Å². The number of nitrogens with zero attached hydrogens (tertiary/aromatic N) is 1. The average molecular weight is 179 g/mol. The quantitative estimate of drug-likeness (QED) is 0.616. The molecule has 5 nitrogen and oxygen atoms in total. The van der Waals surface area contributed by atoms with Crippen LogP contribution in [0.1, 0.15) is 6.92 Å². The molecule has 0 aromatic heterocycles. The maximum atomic E-state index is 10.6. The predicted octanol–water partition coefficient (Wildman–Crippen LogP) is 1.40. The first kappa shape index (κ1) is 10.1. The number of hydrogen-bond acceptors (Lipinski definition) is 4. The Morgan fingerprint density at radius 3 is 2.55 bits per heavy atom. The van der Waals surface area contributed by atoms with E-state index in [-0.39, 0.29) is 0 Å². The topological polar surface area (TPSA) is 66.8 Å². The molecule has 0 atom stereocenters. The lowest BCUT2D eigenvalue weighted by Crippen LogP contribution is -2.26. The number of thioether (sulfide) groups is 1. The van der Waals surface area contributed by atoms with Gasteiger partial charge in [-0.3, -0.25) is 0 Å². The van der Waals surface area contributed by atoms with E-state index in [0.29, 0.717) is 10.8 Å². The van der Waals surface area contributed by atoms with Crippen molar-refractivity contribution in [2.24, 2.45) is 0 Å². The number of carbonyl (C=O) groups is 2. The van der Waals surface area contributed by atoms with Crippen molar-refractivity contribution in [3.05, 3.63) is 0 Å². The van der Waals surface area contributed by atoms with Crippen LogP contribution >= 0.6 is 11.8 Å². The SMILES string of the molecule is CCSC(=O)ON(C)C(=O)O. The lowest BCUT2D eigenvalue weighted by atomic mass is 11.0. The van der Waals surface area contributed by atoms with E-state index in [1.165, 1.54) is 0 Å². The minimum absolute atomic E-state index is 0.463. The van der Waals surface area contributed by atoms with Crippen molar-refractivity contribution in [1.29, 1.82) is 0 Å². The second kappa shape index (κ2) is 4.84. The van der Waals surface area contributed by atoms with Crippen molar-refractivity contribution in [2.75, 3.05) is 12.8 Å². The number of hydroxylamine groups is 2. The number of hydrogen-bond donors (Lipinski definition) is 1. The predicted molar refractivity (Wildman–Crippen MR) is 40.4 cm³/mol. The van der Waals surface area contributed by atoms with Gasteiger partial charge in [-0.1, -0.05) is 6.92 Å². The monoisotopic (exact) mass is 179 g/mol. The Labute approximate surface area is 68.3 Å². The average Bonchev–Trinajstić information content (AvgIpc) is 1.87. The molecule has 0 unspecified atom stereocenters. The molecule has 0 bridgehead atoms. The summed E-state index contributed by atoms with van der Waals surface area (Å²) in [5.41, 5.74) is 0. The van der Waals surface area contributed by atoms with Crippen LogP contribution < -0.4 is 0 Å². The summed E-state index contributed by atoms with van der Waals surface area (Å²) in [7, 11) is 1.15. The van der Waals surface area contributed by atoms with Crippen molar-refractivity contribution in [1.82, 2.24) is 5.06 Å². The van der Waals surface area contributed by atoms with Crippen LogP contribution in [0.15, 0.2) is 0 Å². The van der Waals surface area contributed by atoms with Crippen LogP contribution in [0.2, 0.25) is 0 Å². The zero-order valence-electron chi connectivity index (χ0n) is 6.23. The zero-order valence-corrected chi connectivity index (χ0v) is 7.05. The highest BCUT2D eigenvalue weighted by Crippen LogP contribution is 2.04. The van der Waals surface area contributed by atoms with Crippen molar-refractivity contribution >= 4 is 23.2 Å². The first-order valence-corrected chi connectivity index (χ1v) is 3.87. The fourth-order valence-corrected chi connectivity index (χ4v) is 0.695. The molecule has 0 aromatic carbocycles. The molecule has 1 N–H and O–H groups in total. The molecular formula is C5H9NO4S. The summed E-state index contributed by atoms with van der Waals surface area (Å²) >= 11 is 0.911. The highest BCUT2D eigenvalue weighted by molar-refractivity contribution is 8.13. The molecule has 0 saturated carbocycles. The molecule has 11 heavy (non-hydrogen) atoms. The molecule has 0 aromatic rings. The standard InChI is InChI=1S/C5H9NO4S/c1-3-11-5(9)10-6(2)4(7)8/h3H2,1-2H3,(H,7,8). The van der Waals surface area contributed by atoms with Gasteiger partial charge in [0.2, 0.25) is 0 Å². The Morgan fingerprint density at radius 2 is 2.18 bits per heavy atom. The number of rotatable bonds is 1. The third-order valence-corrected chi connectivity index (χ3v) is 1.34. The maximum absolute atomic E-state index is 10.6. The summed E-state index contributed by atoms with van der Waals surface area (Å²) in [5.74, 6) is 0.562. The van der Waals surface area contributed by atoms with E-state index >= 15 is 0 Å². The second-order valence-corrected chi connectivity index (χ2v) is 2.75. The van der Waals surface area contributed by atoms with E-state index in [1.807, 2.05) is 0 Å². The van der Waals surface area contributed by atoms with Gasteiger partial charge in [0.15, 0.2) is 0 Å². The summed E-state index contributed by atoms with van der Waals surface area (Å²) < 4.78 is 0.